The third-order valence-corrected chi connectivity index (χ3v) is 4.66. The highest BCUT2D eigenvalue weighted by molar-refractivity contribution is 5.49. The minimum Gasteiger partial charge on any atom is -0.393 e. The molecule has 2 aromatic carbocycles. The molecule has 1 saturated heterocycles. The Kier molecular flexibility index (Phi) is 5.66. The maximum Gasteiger partial charge on any atom is 0.146 e. The standard InChI is InChI=1S/C20H24F2N2O/c1-14-2-4-18(21)16(10-14)13-23-12-15-3-5-20(19(22)11-15)24-8-6-17(25)7-9-24/h2-5,10-11,17,23,25H,6-9,12-13H2,1H3. The van der Waals surface area contributed by atoms with Crippen molar-refractivity contribution in [1.29, 1.82) is 0 Å². The first kappa shape index (κ1) is 17.8. The summed E-state index contributed by atoms with van der Waals surface area (Å²) in [5, 5.41) is 12.7. The van der Waals surface area contributed by atoms with Crippen molar-refractivity contribution >= 4 is 5.69 Å². The monoisotopic (exact) mass is 346 g/mol. The van der Waals surface area contributed by atoms with E-state index in [9.17, 15) is 13.9 Å². The van der Waals surface area contributed by atoms with Crippen molar-refractivity contribution in [3.8, 4) is 0 Å². The van der Waals surface area contributed by atoms with E-state index in [0.717, 1.165) is 11.1 Å². The Balaban J connectivity index is 1.58. The lowest BCUT2D eigenvalue weighted by atomic mass is 10.1. The number of aliphatic hydroxyl groups is 1. The van der Waals surface area contributed by atoms with Gasteiger partial charge in [-0.3, -0.25) is 0 Å². The summed E-state index contributed by atoms with van der Waals surface area (Å²) in [5.74, 6) is -0.482. The van der Waals surface area contributed by atoms with Gasteiger partial charge in [0, 0.05) is 31.7 Å². The predicted molar refractivity (Wildman–Crippen MR) is 95.5 cm³/mol. The minimum absolute atomic E-state index is 0.230. The molecule has 0 amide bonds. The Hall–Kier alpha value is -1.98. The first-order valence-corrected chi connectivity index (χ1v) is 8.70. The Morgan fingerprint density at radius 3 is 2.52 bits per heavy atom. The summed E-state index contributed by atoms with van der Waals surface area (Å²) in [6, 6.07) is 10.2. The van der Waals surface area contributed by atoms with Gasteiger partial charge in [0.2, 0.25) is 0 Å². The molecule has 134 valence electrons. The Morgan fingerprint density at radius 2 is 1.80 bits per heavy atom. The van der Waals surface area contributed by atoms with Crippen LogP contribution in [0.25, 0.3) is 0 Å². The van der Waals surface area contributed by atoms with Gasteiger partial charge >= 0.3 is 0 Å². The third kappa shape index (κ3) is 4.55. The van der Waals surface area contributed by atoms with E-state index in [2.05, 4.69) is 5.32 Å². The molecule has 0 saturated carbocycles. The first-order valence-electron chi connectivity index (χ1n) is 8.70. The van der Waals surface area contributed by atoms with Crippen molar-refractivity contribution in [2.24, 2.45) is 0 Å². The van der Waals surface area contributed by atoms with Crippen molar-refractivity contribution in [2.45, 2.75) is 39.0 Å². The fraction of sp³-hybridized carbons (Fsp3) is 0.400. The smallest absolute Gasteiger partial charge is 0.146 e. The number of piperidine rings is 1. The normalized spacial score (nSPS) is 15.6. The highest BCUT2D eigenvalue weighted by Crippen LogP contribution is 2.24. The van der Waals surface area contributed by atoms with E-state index < -0.39 is 0 Å². The van der Waals surface area contributed by atoms with Crippen LogP contribution in [0.4, 0.5) is 14.5 Å². The fourth-order valence-electron chi connectivity index (χ4n) is 3.20. The van der Waals surface area contributed by atoms with Gasteiger partial charge in [-0.15, -0.1) is 0 Å². The van der Waals surface area contributed by atoms with E-state index in [1.807, 2.05) is 24.0 Å². The second-order valence-electron chi connectivity index (χ2n) is 6.70. The van der Waals surface area contributed by atoms with E-state index >= 15 is 0 Å². The number of nitrogens with zero attached hydrogens (tertiary/aromatic N) is 1. The van der Waals surface area contributed by atoms with Gasteiger partial charge in [0.15, 0.2) is 0 Å². The number of aliphatic hydroxyl groups excluding tert-OH is 1. The largest absolute Gasteiger partial charge is 0.393 e. The molecule has 25 heavy (non-hydrogen) atoms. The topological polar surface area (TPSA) is 35.5 Å². The number of aryl methyl sites for hydroxylation is 1. The van der Waals surface area contributed by atoms with Crippen molar-refractivity contribution in [1.82, 2.24) is 5.32 Å². The molecule has 1 heterocycles. The van der Waals surface area contributed by atoms with E-state index in [-0.39, 0.29) is 17.7 Å². The quantitative estimate of drug-likeness (QED) is 0.869. The molecule has 0 radical (unpaired) electrons. The van der Waals surface area contributed by atoms with Gasteiger partial charge in [-0.25, -0.2) is 8.78 Å². The lowest BCUT2D eigenvalue weighted by Crippen LogP contribution is -2.36. The van der Waals surface area contributed by atoms with Gasteiger partial charge in [0.1, 0.15) is 11.6 Å². The van der Waals surface area contributed by atoms with Crippen LogP contribution in [0.15, 0.2) is 36.4 Å². The highest BCUT2D eigenvalue weighted by Gasteiger charge is 2.19. The average Bonchev–Trinajstić information content (AvgIpc) is 2.59. The SMILES string of the molecule is Cc1ccc(F)c(CNCc2ccc(N3CCC(O)CC3)c(F)c2)c1. The lowest BCUT2D eigenvalue weighted by Gasteiger charge is -2.31. The van der Waals surface area contributed by atoms with Gasteiger partial charge in [-0.2, -0.15) is 0 Å². The highest BCUT2D eigenvalue weighted by atomic mass is 19.1. The van der Waals surface area contributed by atoms with Crippen molar-refractivity contribution < 1.29 is 13.9 Å². The molecular formula is C20H24F2N2O. The van der Waals surface area contributed by atoms with Crippen molar-refractivity contribution in [3.63, 3.8) is 0 Å². The average molecular weight is 346 g/mol. The van der Waals surface area contributed by atoms with Crippen LogP contribution in [0.2, 0.25) is 0 Å². The zero-order valence-electron chi connectivity index (χ0n) is 14.4. The molecule has 3 rings (SSSR count). The van der Waals surface area contributed by atoms with Crippen LogP contribution in [0.1, 0.15) is 29.5 Å². The summed E-state index contributed by atoms with van der Waals surface area (Å²) in [6.45, 7) is 4.14. The van der Waals surface area contributed by atoms with Gasteiger partial charge < -0.3 is 15.3 Å². The van der Waals surface area contributed by atoms with Crippen LogP contribution >= 0.6 is 0 Å². The molecule has 1 aliphatic rings. The van der Waals surface area contributed by atoms with Crippen molar-refractivity contribution in [3.05, 3.63) is 64.7 Å². The Morgan fingerprint density at radius 1 is 1.04 bits per heavy atom. The molecule has 0 unspecified atom stereocenters. The number of hydrogen-bond donors (Lipinski definition) is 2. The molecule has 0 atom stereocenters. The molecule has 0 aromatic heterocycles. The van der Waals surface area contributed by atoms with E-state index in [1.165, 1.54) is 12.1 Å². The molecular weight excluding hydrogens is 322 g/mol. The van der Waals surface area contributed by atoms with Crippen LogP contribution < -0.4 is 10.2 Å². The van der Waals surface area contributed by atoms with Crippen LogP contribution in [0, 0.1) is 18.6 Å². The van der Waals surface area contributed by atoms with E-state index in [4.69, 9.17) is 0 Å². The number of rotatable bonds is 5. The number of anilines is 1. The van der Waals surface area contributed by atoms with Gasteiger partial charge in [0.25, 0.3) is 0 Å². The van der Waals surface area contributed by atoms with Crippen LogP contribution in [0.3, 0.4) is 0 Å². The molecule has 5 heteroatoms. The van der Waals surface area contributed by atoms with Crippen LogP contribution in [-0.2, 0) is 13.1 Å². The molecule has 2 N–H and O–H groups in total. The summed E-state index contributed by atoms with van der Waals surface area (Å²) in [7, 11) is 0. The number of benzene rings is 2. The van der Waals surface area contributed by atoms with Gasteiger partial charge in [0.05, 0.1) is 11.8 Å². The summed E-state index contributed by atoms with van der Waals surface area (Å²) in [4.78, 5) is 1.97. The number of hydrogen-bond acceptors (Lipinski definition) is 3. The second kappa shape index (κ2) is 7.93. The fourth-order valence-corrected chi connectivity index (χ4v) is 3.20. The summed E-state index contributed by atoms with van der Waals surface area (Å²) < 4.78 is 28.1. The Labute approximate surface area is 147 Å². The van der Waals surface area contributed by atoms with Gasteiger partial charge in [-0.1, -0.05) is 23.8 Å². The van der Waals surface area contributed by atoms with E-state index in [0.29, 0.717) is 50.3 Å². The number of halogens is 2. The minimum atomic E-state index is -0.273. The van der Waals surface area contributed by atoms with E-state index in [1.54, 1.807) is 12.1 Å². The van der Waals surface area contributed by atoms with Crippen molar-refractivity contribution in [2.75, 3.05) is 18.0 Å². The Bertz CT molecular complexity index is 728. The molecule has 1 aliphatic heterocycles. The van der Waals surface area contributed by atoms with Crippen LogP contribution in [-0.4, -0.2) is 24.3 Å². The zero-order valence-corrected chi connectivity index (χ0v) is 14.4. The summed E-state index contributed by atoms with van der Waals surface area (Å²) in [5.41, 5.74) is 3.04. The number of nitrogens with one attached hydrogen (secondary N) is 1. The maximum atomic E-state index is 14.4. The predicted octanol–water partition coefficient (Wildman–Crippen LogP) is 3.52. The zero-order chi connectivity index (χ0) is 17.8. The maximum absolute atomic E-state index is 14.4. The second-order valence-corrected chi connectivity index (χ2v) is 6.70. The van der Waals surface area contributed by atoms with Gasteiger partial charge in [-0.05, 0) is 43.5 Å². The molecule has 1 fully saturated rings. The summed E-state index contributed by atoms with van der Waals surface area (Å²) in [6.07, 6.45) is 1.07. The molecule has 3 nitrogen and oxygen atoms in total. The molecule has 0 spiro atoms. The lowest BCUT2D eigenvalue weighted by molar-refractivity contribution is 0.145. The molecule has 0 bridgehead atoms. The third-order valence-electron chi connectivity index (χ3n) is 4.66. The first-order chi connectivity index (χ1) is 12.0. The summed E-state index contributed by atoms with van der Waals surface area (Å²) >= 11 is 0. The van der Waals surface area contributed by atoms with Crippen LogP contribution in [0.5, 0.6) is 0 Å². The molecule has 0 aliphatic carbocycles. The molecule has 2 aromatic rings.